The Morgan fingerprint density at radius 3 is 2.79 bits per heavy atom. The van der Waals surface area contributed by atoms with E-state index in [4.69, 9.17) is 11.6 Å². The summed E-state index contributed by atoms with van der Waals surface area (Å²) in [7, 11) is 3.34. The molecular formula is C11H17ClN6O. The SMILES string of the molecule is CNC(=O)C1CCCCN1c1nc(Cl)nc(NC)n1. The van der Waals surface area contributed by atoms with Crippen molar-refractivity contribution in [2.45, 2.75) is 25.3 Å². The minimum atomic E-state index is -0.248. The minimum absolute atomic E-state index is 0.0257. The van der Waals surface area contributed by atoms with Crippen LogP contribution in [-0.4, -0.2) is 47.5 Å². The third-order valence-corrected chi connectivity index (χ3v) is 3.30. The number of aromatic nitrogens is 3. The predicted octanol–water partition coefficient (Wildman–Crippen LogP) is 0.672. The van der Waals surface area contributed by atoms with Crippen LogP contribution in [0.25, 0.3) is 0 Å². The molecule has 0 aliphatic carbocycles. The topological polar surface area (TPSA) is 83.0 Å². The number of halogens is 1. The van der Waals surface area contributed by atoms with Crippen LogP contribution in [0.2, 0.25) is 5.28 Å². The lowest BCUT2D eigenvalue weighted by molar-refractivity contribution is -0.122. The van der Waals surface area contributed by atoms with Crippen molar-refractivity contribution in [3.63, 3.8) is 0 Å². The number of anilines is 2. The molecule has 1 aliphatic heterocycles. The van der Waals surface area contributed by atoms with Crippen LogP contribution >= 0.6 is 11.6 Å². The van der Waals surface area contributed by atoms with Gasteiger partial charge in [0.2, 0.25) is 23.1 Å². The second kappa shape index (κ2) is 6.01. The third kappa shape index (κ3) is 3.04. The Balaban J connectivity index is 2.31. The Bertz CT molecular complexity index is 468. The van der Waals surface area contributed by atoms with E-state index < -0.39 is 0 Å². The smallest absolute Gasteiger partial charge is 0.242 e. The lowest BCUT2D eigenvalue weighted by Crippen LogP contribution is -2.49. The summed E-state index contributed by atoms with van der Waals surface area (Å²) in [6, 6.07) is -0.248. The number of nitrogens with one attached hydrogen (secondary N) is 2. The number of likely N-dealkylation sites (N-methyl/N-ethyl adjacent to an activating group) is 1. The van der Waals surface area contributed by atoms with Crippen molar-refractivity contribution in [2.24, 2.45) is 0 Å². The molecule has 2 heterocycles. The number of piperidine rings is 1. The normalized spacial score (nSPS) is 19.1. The van der Waals surface area contributed by atoms with E-state index >= 15 is 0 Å². The summed E-state index contributed by atoms with van der Waals surface area (Å²) in [5, 5.41) is 5.63. The van der Waals surface area contributed by atoms with Crippen molar-refractivity contribution in [3.8, 4) is 0 Å². The lowest BCUT2D eigenvalue weighted by atomic mass is 10.0. The molecular weight excluding hydrogens is 268 g/mol. The molecule has 1 fully saturated rings. The highest BCUT2D eigenvalue weighted by Crippen LogP contribution is 2.23. The fourth-order valence-corrected chi connectivity index (χ4v) is 2.35. The van der Waals surface area contributed by atoms with E-state index in [1.165, 1.54) is 0 Å². The number of rotatable bonds is 3. The number of amides is 1. The van der Waals surface area contributed by atoms with Crippen LogP contribution < -0.4 is 15.5 Å². The van der Waals surface area contributed by atoms with Crippen LogP contribution in [0.4, 0.5) is 11.9 Å². The highest BCUT2D eigenvalue weighted by molar-refractivity contribution is 6.28. The molecule has 8 heteroatoms. The molecule has 1 unspecified atom stereocenters. The molecule has 0 bridgehead atoms. The van der Waals surface area contributed by atoms with Crippen molar-refractivity contribution in [1.82, 2.24) is 20.3 Å². The summed E-state index contributed by atoms with van der Waals surface area (Å²) in [6.45, 7) is 0.738. The van der Waals surface area contributed by atoms with Gasteiger partial charge in [-0.3, -0.25) is 4.79 Å². The maximum atomic E-state index is 11.9. The van der Waals surface area contributed by atoms with Crippen LogP contribution in [0.1, 0.15) is 19.3 Å². The van der Waals surface area contributed by atoms with Crippen LogP contribution in [-0.2, 0) is 4.79 Å². The van der Waals surface area contributed by atoms with Crippen molar-refractivity contribution >= 4 is 29.4 Å². The molecule has 19 heavy (non-hydrogen) atoms. The van der Waals surface area contributed by atoms with E-state index in [-0.39, 0.29) is 17.2 Å². The summed E-state index contributed by atoms with van der Waals surface area (Å²) >= 11 is 5.88. The summed E-state index contributed by atoms with van der Waals surface area (Å²) < 4.78 is 0. The van der Waals surface area contributed by atoms with Gasteiger partial charge >= 0.3 is 0 Å². The number of carbonyl (C=O) groups is 1. The maximum absolute atomic E-state index is 11.9. The highest BCUT2D eigenvalue weighted by atomic mass is 35.5. The minimum Gasteiger partial charge on any atom is -0.357 e. The van der Waals surface area contributed by atoms with Gasteiger partial charge in [0.1, 0.15) is 6.04 Å². The molecule has 1 aliphatic rings. The first-order valence-electron chi connectivity index (χ1n) is 6.23. The summed E-state index contributed by atoms with van der Waals surface area (Å²) in [5.74, 6) is 0.816. The second-order valence-electron chi connectivity index (χ2n) is 4.30. The van der Waals surface area contributed by atoms with E-state index in [1.54, 1.807) is 14.1 Å². The van der Waals surface area contributed by atoms with Gasteiger partial charge < -0.3 is 15.5 Å². The summed E-state index contributed by atoms with van der Waals surface area (Å²) in [4.78, 5) is 26.1. The van der Waals surface area contributed by atoms with Crippen molar-refractivity contribution in [2.75, 3.05) is 30.9 Å². The zero-order valence-electron chi connectivity index (χ0n) is 11.0. The van der Waals surface area contributed by atoms with Crippen LogP contribution in [0.5, 0.6) is 0 Å². The first kappa shape index (κ1) is 13.8. The summed E-state index contributed by atoms with van der Waals surface area (Å²) in [6.07, 6.45) is 2.82. The highest BCUT2D eigenvalue weighted by Gasteiger charge is 2.30. The first-order valence-corrected chi connectivity index (χ1v) is 6.61. The number of hydrogen-bond acceptors (Lipinski definition) is 6. The zero-order valence-corrected chi connectivity index (χ0v) is 11.7. The van der Waals surface area contributed by atoms with Gasteiger partial charge in [0, 0.05) is 20.6 Å². The van der Waals surface area contributed by atoms with Crippen molar-refractivity contribution in [1.29, 1.82) is 0 Å². The molecule has 1 amide bonds. The molecule has 0 aromatic carbocycles. The van der Waals surface area contributed by atoms with Gasteiger partial charge in [0.15, 0.2) is 0 Å². The standard InChI is InChI=1S/C11H17ClN6O/c1-13-8(19)7-5-3-4-6-18(7)11-16-9(12)15-10(14-2)17-11/h7H,3-6H2,1-2H3,(H,13,19)(H,14,15,16,17). The molecule has 0 spiro atoms. The number of carbonyl (C=O) groups excluding carboxylic acids is 1. The maximum Gasteiger partial charge on any atom is 0.242 e. The fourth-order valence-electron chi connectivity index (χ4n) is 2.19. The molecule has 1 atom stereocenters. The Morgan fingerprint density at radius 2 is 2.11 bits per heavy atom. The number of nitrogens with zero attached hydrogens (tertiary/aromatic N) is 4. The van der Waals surface area contributed by atoms with Gasteiger partial charge in [-0.25, -0.2) is 0 Å². The quantitative estimate of drug-likeness (QED) is 0.849. The van der Waals surface area contributed by atoms with Crippen LogP contribution in [0.3, 0.4) is 0 Å². The molecule has 2 rings (SSSR count). The van der Waals surface area contributed by atoms with Crippen molar-refractivity contribution in [3.05, 3.63) is 5.28 Å². The Hall–Kier alpha value is -1.63. The first-order chi connectivity index (χ1) is 9.15. The second-order valence-corrected chi connectivity index (χ2v) is 4.64. The molecule has 1 aromatic rings. The van der Waals surface area contributed by atoms with Crippen LogP contribution in [0, 0.1) is 0 Å². The van der Waals surface area contributed by atoms with Gasteiger partial charge in [-0.2, -0.15) is 15.0 Å². The molecule has 0 radical (unpaired) electrons. The van der Waals surface area contributed by atoms with Gasteiger partial charge in [-0.15, -0.1) is 0 Å². The Labute approximate surface area is 116 Å². The van der Waals surface area contributed by atoms with Gasteiger partial charge in [0.25, 0.3) is 0 Å². The van der Waals surface area contributed by atoms with E-state index in [0.717, 1.165) is 25.8 Å². The van der Waals surface area contributed by atoms with E-state index in [2.05, 4.69) is 25.6 Å². The Kier molecular flexibility index (Phi) is 4.36. The molecule has 0 saturated carbocycles. The van der Waals surface area contributed by atoms with E-state index in [9.17, 15) is 4.79 Å². The van der Waals surface area contributed by atoms with Gasteiger partial charge in [0.05, 0.1) is 0 Å². The molecule has 7 nitrogen and oxygen atoms in total. The van der Waals surface area contributed by atoms with Crippen molar-refractivity contribution < 1.29 is 4.79 Å². The average molecular weight is 285 g/mol. The van der Waals surface area contributed by atoms with Gasteiger partial charge in [-0.1, -0.05) is 0 Å². The zero-order chi connectivity index (χ0) is 13.8. The van der Waals surface area contributed by atoms with E-state index in [0.29, 0.717) is 11.9 Å². The lowest BCUT2D eigenvalue weighted by Gasteiger charge is -2.34. The molecule has 2 N–H and O–H groups in total. The van der Waals surface area contributed by atoms with Crippen LogP contribution in [0.15, 0.2) is 0 Å². The average Bonchev–Trinajstić information content (AvgIpc) is 2.45. The molecule has 1 saturated heterocycles. The van der Waals surface area contributed by atoms with Gasteiger partial charge in [-0.05, 0) is 30.9 Å². The fraction of sp³-hybridized carbons (Fsp3) is 0.636. The molecule has 1 aromatic heterocycles. The monoisotopic (exact) mass is 284 g/mol. The largest absolute Gasteiger partial charge is 0.357 e. The predicted molar refractivity (Wildman–Crippen MR) is 73.4 cm³/mol. The third-order valence-electron chi connectivity index (χ3n) is 3.13. The Morgan fingerprint density at radius 1 is 1.32 bits per heavy atom. The van der Waals surface area contributed by atoms with E-state index in [1.807, 2.05) is 4.90 Å². The summed E-state index contributed by atoms with van der Waals surface area (Å²) in [5.41, 5.74) is 0. The number of hydrogen-bond donors (Lipinski definition) is 2. The molecule has 104 valence electrons.